The molecule has 0 aliphatic rings. The molecule has 1 unspecified atom stereocenters. The van der Waals surface area contributed by atoms with Gasteiger partial charge in [0.25, 0.3) is 0 Å². The summed E-state index contributed by atoms with van der Waals surface area (Å²) in [5, 5.41) is 3.52. The zero-order valence-corrected chi connectivity index (χ0v) is 12.2. The number of hydrogen-bond donors (Lipinski definition) is 1. The Bertz CT molecular complexity index is 511. The number of hydrogen-bond acceptors (Lipinski definition) is 2. The molecule has 1 N–H and O–H groups in total. The van der Waals surface area contributed by atoms with Crippen LogP contribution in [-0.2, 0) is 6.42 Å². The summed E-state index contributed by atoms with van der Waals surface area (Å²) in [7, 11) is 0. The third-order valence-electron chi connectivity index (χ3n) is 2.95. The van der Waals surface area contributed by atoms with E-state index in [9.17, 15) is 0 Å². The number of rotatable bonds is 4. The van der Waals surface area contributed by atoms with Crippen LogP contribution in [0.1, 0.15) is 31.1 Å². The van der Waals surface area contributed by atoms with Crippen molar-refractivity contribution in [2.45, 2.75) is 26.3 Å². The van der Waals surface area contributed by atoms with Crippen molar-refractivity contribution in [3.63, 3.8) is 0 Å². The van der Waals surface area contributed by atoms with Gasteiger partial charge in [-0.15, -0.1) is 0 Å². The van der Waals surface area contributed by atoms with Gasteiger partial charge in [0, 0.05) is 16.4 Å². The highest BCUT2D eigenvalue weighted by molar-refractivity contribution is 9.10. The van der Waals surface area contributed by atoms with Crippen LogP contribution in [-0.4, -0.2) is 4.98 Å². The lowest BCUT2D eigenvalue weighted by Crippen LogP contribution is -2.09. The van der Waals surface area contributed by atoms with E-state index in [0.717, 1.165) is 16.6 Å². The van der Waals surface area contributed by atoms with E-state index in [4.69, 9.17) is 0 Å². The minimum Gasteiger partial charge on any atom is -0.377 e. The molecule has 2 rings (SSSR count). The molecular weight excluding hydrogens is 288 g/mol. The number of nitrogens with one attached hydrogen (secondary N) is 1. The number of aromatic nitrogens is 1. The maximum absolute atomic E-state index is 4.38. The molecule has 3 heteroatoms. The van der Waals surface area contributed by atoms with E-state index in [2.05, 4.69) is 58.3 Å². The Morgan fingerprint density at radius 1 is 1.28 bits per heavy atom. The standard InChI is InChI=1S/C15H17BrN2/c1-3-12-10-13(16)7-8-15(12)18-11(2)14-6-4-5-9-17-14/h4-11,18H,3H2,1-2H3. The summed E-state index contributed by atoms with van der Waals surface area (Å²) >= 11 is 3.51. The second kappa shape index (κ2) is 6.01. The highest BCUT2D eigenvalue weighted by Gasteiger charge is 2.08. The Hall–Kier alpha value is -1.35. The minimum atomic E-state index is 0.206. The lowest BCUT2D eigenvalue weighted by molar-refractivity contribution is 0.836. The van der Waals surface area contributed by atoms with Gasteiger partial charge in [0.15, 0.2) is 0 Å². The van der Waals surface area contributed by atoms with Crippen LogP contribution in [0.4, 0.5) is 5.69 Å². The molecular formula is C15H17BrN2. The maximum Gasteiger partial charge on any atom is 0.0657 e. The number of nitrogens with zero attached hydrogens (tertiary/aromatic N) is 1. The summed E-state index contributed by atoms with van der Waals surface area (Å²) in [5.74, 6) is 0. The molecule has 1 atom stereocenters. The average Bonchev–Trinajstić information content (AvgIpc) is 2.41. The van der Waals surface area contributed by atoms with Crippen LogP contribution in [0.3, 0.4) is 0 Å². The largest absolute Gasteiger partial charge is 0.377 e. The average molecular weight is 305 g/mol. The van der Waals surface area contributed by atoms with Gasteiger partial charge in [0.1, 0.15) is 0 Å². The van der Waals surface area contributed by atoms with Gasteiger partial charge in [0.05, 0.1) is 11.7 Å². The molecule has 0 radical (unpaired) electrons. The predicted molar refractivity (Wildman–Crippen MR) is 79.8 cm³/mol. The van der Waals surface area contributed by atoms with Crippen molar-refractivity contribution in [1.29, 1.82) is 0 Å². The topological polar surface area (TPSA) is 24.9 Å². The molecule has 1 aromatic heterocycles. The summed E-state index contributed by atoms with van der Waals surface area (Å²) < 4.78 is 1.12. The molecule has 0 amide bonds. The van der Waals surface area contributed by atoms with Crippen LogP contribution < -0.4 is 5.32 Å². The molecule has 0 aliphatic heterocycles. The molecule has 0 saturated carbocycles. The smallest absolute Gasteiger partial charge is 0.0657 e. The normalized spacial score (nSPS) is 12.2. The summed E-state index contributed by atoms with van der Waals surface area (Å²) in [6.45, 7) is 4.29. The molecule has 0 bridgehead atoms. The quantitative estimate of drug-likeness (QED) is 0.894. The lowest BCUT2D eigenvalue weighted by atomic mass is 10.1. The van der Waals surface area contributed by atoms with E-state index in [1.54, 1.807) is 0 Å². The molecule has 0 saturated heterocycles. The third kappa shape index (κ3) is 3.10. The zero-order chi connectivity index (χ0) is 13.0. The monoisotopic (exact) mass is 304 g/mol. The molecule has 18 heavy (non-hydrogen) atoms. The van der Waals surface area contributed by atoms with Gasteiger partial charge < -0.3 is 5.32 Å². The molecule has 0 fully saturated rings. The van der Waals surface area contributed by atoms with Crippen LogP contribution in [0.25, 0.3) is 0 Å². The second-order valence-corrected chi connectivity index (χ2v) is 5.19. The fraction of sp³-hybridized carbons (Fsp3) is 0.267. The second-order valence-electron chi connectivity index (χ2n) is 4.28. The van der Waals surface area contributed by atoms with Gasteiger partial charge in [-0.1, -0.05) is 28.9 Å². The fourth-order valence-corrected chi connectivity index (χ4v) is 2.34. The summed E-state index contributed by atoms with van der Waals surface area (Å²) in [4.78, 5) is 4.38. The van der Waals surface area contributed by atoms with Crippen LogP contribution in [0, 0.1) is 0 Å². The van der Waals surface area contributed by atoms with E-state index in [0.29, 0.717) is 0 Å². The highest BCUT2D eigenvalue weighted by Crippen LogP contribution is 2.25. The summed E-state index contributed by atoms with van der Waals surface area (Å²) in [6, 6.07) is 12.5. The van der Waals surface area contributed by atoms with Gasteiger partial charge in [-0.25, -0.2) is 0 Å². The molecule has 2 nitrogen and oxygen atoms in total. The van der Waals surface area contributed by atoms with Crippen molar-refractivity contribution in [1.82, 2.24) is 4.98 Å². The Labute approximate surface area is 117 Å². The SMILES string of the molecule is CCc1cc(Br)ccc1NC(C)c1ccccn1. The molecule has 0 spiro atoms. The molecule has 1 heterocycles. The fourth-order valence-electron chi connectivity index (χ4n) is 1.93. The van der Waals surface area contributed by atoms with Gasteiger partial charge in [-0.05, 0) is 49.2 Å². The number of benzene rings is 1. The van der Waals surface area contributed by atoms with Gasteiger partial charge in [-0.3, -0.25) is 4.98 Å². The lowest BCUT2D eigenvalue weighted by Gasteiger charge is -2.17. The van der Waals surface area contributed by atoms with Crippen molar-refractivity contribution < 1.29 is 0 Å². The number of pyridine rings is 1. The molecule has 1 aromatic carbocycles. The Balaban J connectivity index is 2.19. The van der Waals surface area contributed by atoms with Crippen LogP contribution in [0.5, 0.6) is 0 Å². The van der Waals surface area contributed by atoms with E-state index in [1.807, 2.05) is 24.4 Å². The van der Waals surface area contributed by atoms with Crippen molar-refractivity contribution >= 4 is 21.6 Å². The van der Waals surface area contributed by atoms with Crippen LogP contribution >= 0.6 is 15.9 Å². The minimum absolute atomic E-state index is 0.206. The van der Waals surface area contributed by atoms with Gasteiger partial charge in [-0.2, -0.15) is 0 Å². The third-order valence-corrected chi connectivity index (χ3v) is 3.44. The summed E-state index contributed by atoms with van der Waals surface area (Å²) in [5.41, 5.74) is 3.55. The molecule has 0 aliphatic carbocycles. The van der Waals surface area contributed by atoms with E-state index in [1.165, 1.54) is 11.3 Å². The van der Waals surface area contributed by atoms with E-state index >= 15 is 0 Å². The number of aryl methyl sites for hydroxylation is 1. The Kier molecular flexibility index (Phi) is 4.37. The number of anilines is 1. The first-order valence-corrected chi connectivity index (χ1v) is 6.96. The van der Waals surface area contributed by atoms with Crippen LogP contribution in [0.15, 0.2) is 47.1 Å². The predicted octanol–water partition coefficient (Wildman–Crippen LogP) is 4.58. The van der Waals surface area contributed by atoms with Gasteiger partial charge >= 0.3 is 0 Å². The first kappa shape index (κ1) is 13.1. The maximum atomic E-state index is 4.38. The first-order valence-electron chi connectivity index (χ1n) is 6.16. The number of halogens is 1. The highest BCUT2D eigenvalue weighted by atomic mass is 79.9. The molecule has 2 aromatic rings. The zero-order valence-electron chi connectivity index (χ0n) is 10.7. The Morgan fingerprint density at radius 3 is 2.78 bits per heavy atom. The summed E-state index contributed by atoms with van der Waals surface area (Å²) in [6.07, 6.45) is 2.84. The first-order chi connectivity index (χ1) is 8.70. The van der Waals surface area contributed by atoms with Crippen molar-refractivity contribution in [2.24, 2.45) is 0 Å². The molecule has 94 valence electrons. The Morgan fingerprint density at radius 2 is 2.11 bits per heavy atom. The van der Waals surface area contributed by atoms with Gasteiger partial charge in [0.2, 0.25) is 0 Å². The van der Waals surface area contributed by atoms with E-state index < -0.39 is 0 Å². The van der Waals surface area contributed by atoms with Crippen molar-refractivity contribution in [2.75, 3.05) is 5.32 Å². The van der Waals surface area contributed by atoms with Crippen molar-refractivity contribution in [3.8, 4) is 0 Å². The van der Waals surface area contributed by atoms with E-state index in [-0.39, 0.29) is 6.04 Å². The van der Waals surface area contributed by atoms with Crippen LogP contribution in [0.2, 0.25) is 0 Å². The van der Waals surface area contributed by atoms with Crippen molar-refractivity contribution in [3.05, 3.63) is 58.3 Å².